The number of amides is 4. The summed E-state index contributed by atoms with van der Waals surface area (Å²) in [4.78, 5) is 61.3. The molecule has 2 aliphatic carbocycles. The zero-order chi connectivity index (χ0) is 42.6. The van der Waals surface area contributed by atoms with E-state index in [9.17, 15) is 50.3 Å². The highest BCUT2D eigenvalue weighted by Crippen LogP contribution is 2.47. The molecule has 2 aliphatic heterocycles. The third-order valence-electron chi connectivity index (χ3n) is 11.4. The van der Waals surface area contributed by atoms with E-state index in [4.69, 9.17) is 14.2 Å². The van der Waals surface area contributed by atoms with Gasteiger partial charge in [0.2, 0.25) is 33.3 Å². The van der Waals surface area contributed by atoms with Gasteiger partial charge in [-0.05, 0) is 84.4 Å². The van der Waals surface area contributed by atoms with E-state index in [-0.39, 0.29) is 41.7 Å². The average molecular weight is 842 g/mol. The summed E-state index contributed by atoms with van der Waals surface area (Å²) in [6.07, 6.45) is -3.60. The normalized spacial score (nSPS) is 29.5. The summed E-state index contributed by atoms with van der Waals surface area (Å²) >= 11 is 0. The first kappa shape index (κ1) is 42.9. The average Bonchev–Trinajstić information content (AvgIpc) is 4.01. The third kappa shape index (κ3) is 8.53. The van der Waals surface area contributed by atoms with Gasteiger partial charge in [-0.3, -0.25) is 19.1 Å². The summed E-state index contributed by atoms with van der Waals surface area (Å²) in [5, 5.41) is 15.6. The summed E-state index contributed by atoms with van der Waals surface area (Å²) in [6, 6.07) is 0.305. The number of alkyl carbamates (subject to hydrolysis) is 1. The van der Waals surface area contributed by atoms with E-state index in [1.54, 1.807) is 26.0 Å². The fourth-order valence-electron chi connectivity index (χ4n) is 7.18. The molecule has 0 bridgehead atoms. The standard InChI is InChI=1S/C38H47F4N5O10S/c1-6-28-29(44-34(52)57-35(3,4)38(40,41)42)32(50)47-19-23(56-31-25-15-22(39)11-12-24(25)27(48)18-43-31)16-26(47)30(49)45-37(17-21(37)10-8-7-9-20(2)55-28)33(51)46-58(53,54)36(5)13-14-36/h8,10-12,15,18,20-21,23,26,28-29,48H,6-7,9,13-14,16-17,19H2,1-5H3,(H,44,52)(H,45,49)(H,46,51)/b10-8-/t20-,21+,23+,26-,28-,29-,37+/m0/s1. The molecule has 4 aliphatic rings. The minimum absolute atomic E-state index is 0.0257. The van der Waals surface area contributed by atoms with E-state index in [0.717, 1.165) is 23.2 Å². The molecule has 1 aromatic heterocycles. The summed E-state index contributed by atoms with van der Waals surface area (Å²) in [5.41, 5.74) is -4.69. The number of alkyl halides is 3. The fourth-order valence-corrected chi connectivity index (χ4v) is 8.49. The van der Waals surface area contributed by atoms with Crippen LogP contribution in [0.1, 0.15) is 79.6 Å². The monoisotopic (exact) mass is 841 g/mol. The second-order valence-corrected chi connectivity index (χ2v) is 18.4. The minimum atomic E-state index is -4.98. The lowest BCUT2D eigenvalue weighted by Crippen LogP contribution is -2.61. The lowest BCUT2D eigenvalue weighted by molar-refractivity contribution is -0.244. The van der Waals surface area contributed by atoms with Crippen molar-refractivity contribution in [1.29, 1.82) is 0 Å². The lowest BCUT2D eigenvalue weighted by Gasteiger charge is -2.35. The molecular weight excluding hydrogens is 795 g/mol. The first-order chi connectivity index (χ1) is 27.0. The van der Waals surface area contributed by atoms with E-state index >= 15 is 0 Å². The number of sulfonamides is 1. The van der Waals surface area contributed by atoms with Gasteiger partial charge in [-0.15, -0.1) is 0 Å². The smallest absolute Gasteiger partial charge is 0.427 e. The number of aromatic hydroxyl groups is 1. The number of hydrogen-bond donors (Lipinski definition) is 4. The van der Waals surface area contributed by atoms with E-state index in [1.807, 2.05) is 0 Å². The van der Waals surface area contributed by atoms with Crippen LogP contribution in [-0.4, -0.2) is 106 Å². The molecule has 4 amide bonds. The predicted molar refractivity (Wildman–Crippen MR) is 198 cm³/mol. The van der Waals surface area contributed by atoms with Gasteiger partial charge in [0.05, 0.1) is 35.1 Å². The van der Waals surface area contributed by atoms with E-state index < -0.39 is 105 Å². The molecule has 1 saturated heterocycles. The van der Waals surface area contributed by atoms with Gasteiger partial charge < -0.3 is 34.9 Å². The van der Waals surface area contributed by atoms with Crippen molar-refractivity contribution in [3.63, 3.8) is 0 Å². The predicted octanol–water partition coefficient (Wildman–Crippen LogP) is 4.27. The summed E-state index contributed by atoms with van der Waals surface area (Å²) in [7, 11) is -4.13. The van der Waals surface area contributed by atoms with Crippen LogP contribution < -0.4 is 20.1 Å². The van der Waals surface area contributed by atoms with Gasteiger partial charge in [-0.1, -0.05) is 19.1 Å². The quantitative estimate of drug-likeness (QED) is 0.219. The number of carbonyl (C=O) groups excluding carboxylic acids is 4. The molecule has 1 aromatic carbocycles. The maximum Gasteiger partial charge on any atom is 0.427 e. The molecule has 2 aromatic rings. The Morgan fingerprint density at radius 1 is 1.17 bits per heavy atom. The second-order valence-electron chi connectivity index (χ2n) is 16.2. The van der Waals surface area contributed by atoms with Crippen LogP contribution in [0.25, 0.3) is 10.8 Å². The van der Waals surface area contributed by atoms with Gasteiger partial charge in [0.15, 0.2) is 0 Å². The number of ether oxygens (including phenoxy) is 3. The van der Waals surface area contributed by atoms with Crippen LogP contribution in [0.2, 0.25) is 0 Å². The Balaban J connectivity index is 1.38. The highest BCUT2D eigenvalue weighted by atomic mass is 32.2. The Labute approximate surface area is 332 Å². The highest BCUT2D eigenvalue weighted by Gasteiger charge is 2.63. The Hall–Kier alpha value is -4.72. The number of hydrogen-bond acceptors (Lipinski definition) is 11. The fraction of sp³-hybridized carbons (Fsp3) is 0.605. The van der Waals surface area contributed by atoms with Gasteiger partial charge in [0.25, 0.3) is 5.91 Å². The largest absolute Gasteiger partial charge is 0.506 e. The van der Waals surface area contributed by atoms with E-state index in [1.165, 1.54) is 13.0 Å². The minimum Gasteiger partial charge on any atom is -0.506 e. The Bertz CT molecular complexity index is 2110. The molecule has 0 unspecified atom stereocenters. The molecule has 2 saturated carbocycles. The summed E-state index contributed by atoms with van der Waals surface area (Å²) < 4.78 is 100.0. The number of nitrogens with one attached hydrogen (secondary N) is 3. The number of pyridine rings is 1. The Morgan fingerprint density at radius 3 is 2.53 bits per heavy atom. The van der Waals surface area contributed by atoms with Gasteiger partial charge in [-0.2, -0.15) is 13.2 Å². The maximum absolute atomic E-state index is 14.7. The summed E-state index contributed by atoms with van der Waals surface area (Å²) in [6.45, 7) is 5.71. The molecule has 7 atom stereocenters. The molecule has 6 rings (SSSR count). The van der Waals surface area contributed by atoms with Crippen molar-refractivity contribution >= 4 is 44.6 Å². The molecule has 15 nitrogen and oxygen atoms in total. The number of allylic oxidation sites excluding steroid dienone is 1. The number of rotatable bonds is 8. The molecule has 3 heterocycles. The number of aromatic nitrogens is 1. The van der Waals surface area contributed by atoms with E-state index in [0.29, 0.717) is 39.5 Å². The van der Waals surface area contributed by atoms with Gasteiger partial charge in [0, 0.05) is 17.7 Å². The molecule has 3 fully saturated rings. The van der Waals surface area contributed by atoms with Crippen molar-refractivity contribution < 1.29 is 64.5 Å². The van der Waals surface area contributed by atoms with Crippen LogP contribution in [-0.2, 0) is 33.9 Å². The topological polar surface area (TPSA) is 203 Å². The van der Waals surface area contributed by atoms with Crippen molar-refractivity contribution in [2.45, 2.75) is 132 Å². The molecule has 0 spiro atoms. The first-order valence-corrected chi connectivity index (χ1v) is 20.5. The maximum atomic E-state index is 14.7. The SMILES string of the molecule is CC[C@@H]1O[C@@H](C)CC/C=C\[C@@H]2C[C@@]2(C(=O)NS(=O)(=O)C2(C)CC2)NC(=O)[C@@H]2C[C@@H](Oc3ncc(O)c4ccc(F)cc34)CN2C(=O)[C@H]1NC(=O)OC(C)(C)C(F)(F)F. The second kappa shape index (κ2) is 15.5. The van der Waals surface area contributed by atoms with Gasteiger partial charge in [-0.25, -0.2) is 22.6 Å². The number of carbonyl (C=O) groups is 4. The van der Waals surface area contributed by atoms with Gasteiger partial charge in [0.1, 0.15) is 35.3 Å². The number of halogens is 4. The van der Waals surface area contributed by atoms with Crippen LogP contribution in [0.5, 0.6) is 11.6 Å². The molecule has 0 radical (unpaired) electrons. The lowest BCUT2D eigenvalue weighted by atomic mass is 10.0. The number of benzene rings is 1. The Kier molecular flexibility index (Phi) is 11.4. The van der Waals surface area contributed by atoms with Crippen molar-refractivity contribution in [2.24, 2.45) is 5.92 Å². The van der Waals surface area contributed by atoms with Crippen LogP contribution in [0, 0.1) is 11.7 Å². The number of nitrogens with zero attached hydrogens (tertiary/aromatic N) is 2. The third-order valence-corrected chi connectivity index (χ3v) is 13.5. The van der Waals surface area contributed by atoms with Crippen molar-refractivity contribution in [3.8, 4) is 11.6 Å². The van der Waals surface area contributed by atoms with Crippen LogP contribution in [0.4, 0.5) is 22.4 Å². The highest BCUT2D eigenvalue weighted by molar-refractivity contribution is 7.91. The van der Waals surface area contributed by atoms with E-state index in [2.05, 4.69) is 20.3 Å². The molecule has 20 heteroatoms. The van der Waals surface area contributed by atoms with Crippen molar-refractivity contribution in [1.82, 2.24) is 25.2 Å². The van der Waals surface area contributed by atoms with Crippen LogP contribution >= 0.6 is 0 Å². The Morgan fingerprint density at radius 2 is 1.88 bits per heavy atom. The molecule has 4 N–H and O–H groups in total. The summed E-state index contributed by atoms with van der Waals surface area (Å²) in [5.74, 6) is -4.58. The van der Waals surface area contributed by atoms with Gasteiger partial charge >= 0.3 is 12.3 Å². The molecular formula is C38H47F4N5O10S. The first-order valence-electron chi connectivity index (χ1n) is 19.0. The van der Waals surface area contributed by atoms with Crippen LogP contribution in [0.15, 0.2) is 36.5 Å². The molecule has 318 valence electrons. The zero-order valence-electron chi connectivity index (χ0n) is 32.5. The van der Waals surface area contributed by atoms with Crippen molar-refractivity contribution in [3.05, 3.63) is 42.4 Å². The van der Waals surface area contributed by atoms with Crippen molar-refractivity contribution in [2.75, 3.05) is 6.54 Å². The van der Waals surface area contributed by atoms with Crippen LogP contribution in [0.3, 0.4) is 0 Å². The zero-order valence-corrected chi connectivity index (χ0v) is 33.3. The number of fused-ring (bicyclic) bond motifs is 3. The molecule has 58 heavy (non-hydrogen) atoms.